The van der Waals surface area contributed by atoms with Crippen molar-refractivity contribution in [3.8, 4) is 11.5 Å². The lowest BCUT2D eigenvalue weighted by atomic mass is 10.1. The fraction of sp³-hybridized carbons (Fsp3) is 0.355. The summed E-state index contributed by atoms with van der Waals surface area (Å²) in [4.78, 5) is 28.1. The van der Waals surface area contributed by atoms with Crippen LogP contribution in [0.2, 0.25) is 5.02 Å². The van der Waals surface area contributed by atoms with Crippen LogP contribution in [-0.4, -0.2) is 82.0 Å². The maximum Gasteiger partial charge on any atom is 0.261 e. The number of hydrogen-bond acceptors (Lipinski definition) is 7. The number of carbonyl (C=O) groups excluding carboxylic acids is 2. The topological polar surface area (TPSA) is 114 Å². The van der Waals surface area contributed by atoms with Gasteiger partial charge in [-0.2, -0.15) is 4.31 Å². The highest BCUT2D eigenvalue weighted by molar-refractivity contribution is 7.89. The smallest absolute Gasteiger partial charge is 0.261 e. The molecule has 2 amide bonds. The number of carbonyl (C=O) groups is 2. The van der Waals surface area contributed by atoms with E-state index in [-0.39, 0.29) is 24.0 Å². The van der Waals surface area contributed by atoms with Gasteiger partial charge in [-0.25, -0.2) is 8.42 Å². The first-order valence-corrected chi connectivity index (χ1v) is 15.7. The van der Waals surface area contributed by atoms with E-state index in [1.165, 1.54) is 33.5 Å². The molecule has 1 heterocycles. The van der Waals surface area contributed by atoms with Gasteiger partial charge in [-0.1, -0.05) is 35.9 Å². The maximum atomic E-state index is 13.4. The third kappa shape index (κ3) is 8.93. The molecular weight excluding hydrogens is 594 g/mol. The lowest BCUT2D eigenvalue weighted by molar-refractivity contribution is -0.142. The predicted octanol–water partition coefficient (Wildman–Crippen LogP) is 3.52. The van der Waals surface area contributed by atoms with E-state index < -0.39 is 22.0 Å². The standard InChI is InChI=1S/C31H36ClN3O7S/c1-23(31(37)33-16-15-24-5-9-27(40-2)10-6-24)35(21-25-3-7-26(32)8-4-25)30(36)22-42-28-11-13-29(14-12-28)43(38,39)34-17-19-41-20-18-34/h3-14,23H,15-22H2,1-2H3,(H,33,37)/t23-/m0/s1. The van der Waals surface area contributed by atoms with Crippen LogP contribution in [0.15, 0.2) is 77.7 Å². The predicted molar refractivity (Wildman–Crippen MR) is 163 cm³/mol. The number of benzene rings is 3. The first kappa shape index (κ1) is 32.3. The molecule has 12 heteroatoms. The second kappa shape index (κ2) is 15.2. The highest BCUT2D eigenvalue weighted by Crippen LogP contribution is 2.21. The molecule has 0 aromatic heterocycles. The molecule has 1 atom stereocenters. The summed E-state index contributed by atoms with van der Waals surface area (Å²) in [6, 6.07) is 19.8. The molecule has 0 spiro atoms. The van der Waals surface area contributed by atoms with Crippen molar-refractivity contribution >= 4 is 33.4 Å². The number of amides is 2. The molecule has 0 bridgehead atoms. The summed E-state index contributed by atoms with van der Waals surface area (Å²) in [7, 11) is -2.04. The van der Waals surface area contributed by atoms with Gasteiger partial charge in [0.2, 0.25) is 15.9 Å². The van der Waals surface area contributed by atoms with Gasteiger partial charge >= 0.3 is 0 Å². The van der Waals surface area contributed by atoms with Crippen LogP contribution in [0.1, 0.15) is 18.1 Å². The molecule has 0 saturated carbocycles. The fourth-order valence-electron chi connectivity index (χ4n) is 4.51. The molecule has 0 unspecified atom stereocenters. The van der Waals surface area contributed by atoms with Crippen molar-refractivity contribution in [2.75, 3.05) is 46.6 Å². The summed E-state index contributed by atoms with van der Waals surface area (Å²) in [6.07, 6.45) is 0.619. The van der Waals surface area contributed by atoms with Crippen molar-refractivity contribution in [1.82, 2.24) is 14.5 Å². The van der Waals surface area contributed by atoms with E-state index in [9.17, 15) is 18.0 Å². The highest BCUT2D eigenvalue weighted by Gasteiger charge is 2.28. The number of methoxy groups -OCH3 is 1. The van der Waals surface area contributed by atoms with Gasteiger partial charge in [-0.05, 0) is 73.0 Å². The Morgan fingerprint density at radius 3 is 2.19 bits per heavy atom. The molecule has 1 fully saturated rings. The Bertz CT molecular complexity index is 1460. The Morgan fingerprint density at radius 1 is 0.953 bits per heavy atom. The first-order valence-electron chi connectivity index (χ1n) is 13.9. The molecular formula is C31H36ClN3O7S. The minimum Gasteiger partial charge on any atom is -0.497 e. The number of ether oxygens (including phenoxy) is 3. The molecule has 1 aliphatic rings. The molecule has 0 aliphatic carbocycles. The van der Waals surface area contributed by atoms with E-state index in [2.05, 4.69) is 5.32 Å². The third-order valence-electron chi connectivity index (χ3n) is 7.10. The molecule has 43 heavy (non-hydrogen) atoms. The van der Waals surface area contributed by atoms with Gasteiger partial charge in [0, 0.05) is 31.2 Å². The van der Waals surface area contributed by atoms with Gasteiger partial charge in [-0.15, -0.1) is 0 Å². The Morgan fingerprint density at radius 2 is 1.56 bits per heavy atom. The largest absolute Gasteiger partial charge is 0.497 e. The quantitative estimate of drug-likeness (QED) is 0.308. The van der Waals surface area contributed by atoms with Gasteiger partial charge < -0.3 is 24.4 Å². The SMILES string of the molecule is COc1ccc(CCNC(=O)[C@H](C)N(Cc2ccc(Cl)cc2)C(=O)COc2ccc(S(=O)(=O)N3CCOCC3)cc2)cc1. The number of halogens is 1. The number of sulfonamides is 1. The van der Waals surface area contributed by atoms with Gasteiger partial charge in [0.05, 0.1) is 25.2 Å². The second-order valence-corrected chi connectivity index (χ2v) is 12.4. The second-order valence-electron chi connectivity index (χ2n) is 9.99. The number of hydrogen-bond donors (Lipinski definition) is 1. The van der Waals surface area contributed by atoms with Gasteiger partial charge in [-0.3, -0.25) is 9.59 Å². The van der Waals surface area contributed by atoms with E-state index in [1.54, 1.807) is 38.3 Å². The average molecular weight is 630 g/mol. The molecule has 3 aromatic carbocycles. The van der Waals surface area contributed by atoms with Crippen molar-refractivity contribution in [1.29, 1.82) is 0 Å². The monoisotopic (exact) mass is 629 g/mol. The van der Waals surface area contributed by atoms with Gasteiger partial charge in [0.1, 0.15) is 17.5 Å². The van der Waals surface area contributed by atoms with E-state index in [1.807, 2.05) is 24.3 Å². The minimum absolute atomic E-state index is 0.136. The van der Waals surface area contributed by atoms with Crippen LogP contribution in [0, 0.1) is 0 Å². The average Bonchev–Trinajstić information content (AvgIpc) is 3.04. The number of morpholine rings is 1. The summed E-state index contributed by atoms with van der Waals surface area (Å²) in [6.45, 7) is 3.20. The number of rotatable bonds is 13. The summed E-state index contributed by atoms with van der Waals surface area (Å²) < 4.78 is 43.3. The Labute approximate surface area is 257 Å². The molecule has 0 radical (unpaired) electrons. The van der Waals surface area contributed by atoms with Crippen molar-refractivity contribution in [2.24, 2.45) is 0 Å². The van der Waals surface area contributed by atoms with Crippen LogP contribution < -0.4 is 14.8 Å². The molecule has 3 aromatic rings. The van der Waals surface area contributed by atoms with Gasteiger partial charge in [0.25, 0.3) is 5.91 Å². The molecule has 230 valence electrons. The molecule has 1 aliphatic heterocycles. The van der Waals surface area contributed by atoms with Crippen LogP contribution in [0.3, 0.4) is 0 Å². The van der Waals surface area contributed by atoms with Crippen LogP contribution in [0.4, 0.5) is 0 Å². The molecule has 1 N–H and O–H groups in total. The van der Waals surface area contributed by atoms with E-state index in [0.29, 0.717) is 50.0 Å². The summed E-state index contributed by atoms with van der Waals surface area (Å²) in [5, 5.41) is 3.48. The number of nitrogens with zero attached hydrogens (tertiary/aromatic N) is 2. The lowest BCUT2D eigenvalue weighted by Crippen LogP contribution is -2.49. The van der Waals surface area contributed by atoms with Crippen LogP contribution >= 0.6 is 11.6 Å². The van der Waals surface area contributed by atoms with E-state index >= 15 is 0 Å². The molecule has 4 rings (SSSR count). The summed E-state index contributed by atoms with van der Waals surface area (Å²) in [5.74, 6) is 0.387. The zero-order valence-electron chi connectivity index (χ0n) is 24.2. The summed E-state index contributed by atoms with van der Waals surface area (Å²) in [5.41, 5.74) is 1.84. The Kier molecular flexibility index (Phi) is 11.4. The van der Waals surface area contributed by atoms with E-state index in [4.69, 9.17) is 25.8 Å². The summed E-state index contributed by atoms with van der Waals surface area (Å²) >= 11 is 6.03. The van der Waals surface area contributed by atoms with E-state index in [0.717, 1.165) is 16.9 Å². The van der Waals surface area contributed by atoms with Crippen molar-refractivity contribution in [2.45, 2.75) is 30.8 Å². The Hall–Kier alpha value is -3.64. The van der Waals surface area contributed by atoms with Crippen molar-refractivity contribution in [3.05, 3.63) is 88.9 Å². The molecule has 10 nitrogen and oxygen atoms in total. The lowest BCUT2D eigenvalue weighted by Gasteiger charge is -2.29. The van der Waals surface area contributed by atoms with Crippen LogP contribution in [-0.2, 0) is 37.3 Å². The Balaban J connectivity index is 1.38. The minimum atomic E-state index is -3.65. The third-order valence-corrected chi connectivity index (χ3v) is 9.26. The number of nitrogens with one attached hydrogen (secondary N) is 1. The van der Waals surface area contributed by atoms with Crippen molar-refractivity contribution < 1.29 is 32.2 Å². The van der Waals surface area contributed by atoms with Gasteiger partial charge in [0.15, 0.2) is 6.61 Å². The fourth-order valence-corrected chi connectivity index (χ4v) is 6.04. The normalized spacial score (nSPS) is 14.5. The maximum absolute atomic E-state index is 13.4. The van der Waals surface area contributed by atoms with Crippen LogP contribution in [0.25, 0.3) is 0 Å². The molecule has 1 saturated heterocycles. The zero-order valence-corrected chi connectivity index (χ0v) is 25.8. The highest BCUT2D eigenvalue weighted by atomic mass is 35.5. The van der Waals surface area contributed by atoms with Crippen molar-refractivity contribution in [3.63, 3.8) is 0 Å². The zero-order chi connectivity index (χ0) is 30.8. The van der Waals surface area contributed by atoms with Crippen LogP contribution in [0.5, 0.6) is 11.5 Å². The first-order chi connectivity index (χ1) is 20.7.